The number of aryl methyl sites for hydroxylation is 1. The Bertz CT molecular complexity index is 1040. The van der Waals surface area contributed by atoms with Crippen LogP contribution in [0.5, 0.6) is 5.75 Å². The molecule has 0 bridgehead atoms. The number of fused-ring (bicyclic) bond motifs is 1. The first-order chi connectivity index (χ1) is 12.7. The molecule has 0 N–H and O–H groups in total. The van der Waals surface area contributed by atoms with Gasteiger partial charge in [-0.25, -0.2) is 4.98 Å². The molecule has 0 saturated heterocycles. The van der Waals surface area contributed by atoms with Gasteiger partial charge in [0.15, 0.2) is 0 Å². The molecule has 0 aliphatic rings. The second-order valence-corrected chi connectivity index (χ2v) is 6.77. The van der Waals surface area contributed by atoms with E-state index in [0.29, 0.717) is 6.61 Å². The molecule has 4 aromatic rings. The van der Waals surface area contributed by atoms with Crippen LogP contribution in [0, 0.1) is 6.92 Å². The lowest BCUT2D eigenvalue weighted by molar-refractivity contribution is 0.291. The summed E-state index contributed by atoms with van der Waals surface area (Å²) in [6.45, 7) is 3.21. The van der Waals surface area contributed by atoms with Gasteiger partial charge in [0.2, 0.25) is 0 Å². The van der Waals surface area contributed by atoms with Crippen LogP contribution in [0.3, 0.4) is 0 Å². The number of hydrogen-bond donors (Lipinski definition) is 0. The molecular formula is C22H19ClN2O. The van der Waals surface area contributed by atoms with Crippen molar-refractivity contribution in [1.82, 2.24) is 9.55 Å². The molecule has 0 radical (unpaired) electrons. The highest BCUT2D eigenvalue weighted by atomic mass is 35.5. The summed E-state index contributed by atoms with van der Waals surface area (Å²) in [6.07, 6.45) is 0. The third kappa shape index (κ3) is 3.58. The molecule has 3 nitrogen and oxygen atoms in total. The van der Waals surface area contributed by atoms with Gasteiger partial charge in [-0.15, -0.1) is 0 Å². The van der Waals surface area contributed by atoms with Crippen molar-refractivity contribution >= 4 is 22.6 Å². The molecule has 26 heavy (non-hydrogen) atoms. The van der Waals surface area contributed by atoms with Gasteiger partial charge < -0.3 is 9.30 Å². The summed E-state index contributed by atoms with van der Waals surface area (Å²) in [4.78, 5) is 4.78. The normalized spacial score (nSPS) is 11.0. The number of benzene rings is 3. The standard InChI is InChI=1S/C22H19ClN2O/c1-16-5-4-6-19(13-16)26-15-22-24-20-7-2-3-8-21(20)25(22)14-17-9-11-18(23)12-10-17/h2-13H,14-15H2,1H3. The number of rotatable bonds is 5. The van der Waals surface area contributed by atoms with Crippen LogP contribution in [0.2, 0.25) is 5.02 Å². The van der Waals surface area contributed by atoms with Crippen molar-refractivity contribution in [3.05, 3.63) is 94.8 Å². The molecular weight excluding hydrogens is 344 g/mol. The molecule has 3 aromatic carbocycles. The van der Waals surface area contributed by atoms with Gasteiger partial charge in [-0.05, 0) is 54.4 Å². The topological polar surface area (TPSA) is 27.1 Å². The van der Waals surface area contributed by atoms with E-state index in [9.17, 15) is 0 Å². The molecule has 0 amide bonds. The van der Waals surface area contributed by atoms with E-state index in [1.807, 2.05) is 60.7 Å². The average Bonchev–Trinajstić information content (AvgIpc) is 3.00. The Balaban J connectivity index is 1.65. The van der Waals surface area contributed by atoms with Crippen molar-refractivity contribution in [2.75, 3.05) is 0 Å². The van der Waals surface area contributed by atoms with E-state index < -0.39 is 0 Å². The summed E-state index contributed by atoms with van der Waals surface area (Å²) >= 11 is 6.01. The fraction of sp³-hybridized carbons (Fsp3) is 0.136. The monoisotopic (exact) mass is 362 g/mol. The van der Waals surface area contributed by atoms with Gasteiger partial charge >= 0.3 is 0 Å². The second-order valence-electron chi connectivity index (χ2n) is 6.33. The van der Waals surface area contributed by atoms with Gasteiger partial charge in [0.25, 0.3) is 0 Å². The SMILES string of the molecule is Cc1cccc(OCc2nc3ccccc3n2Cc2ccc(Cl)cc2)c1. The Morgan fingerprint density at radius 1 is 0.962 bits per heavy atom. The maximum absolute atomic E-state index is 6.01. The number of aromatic nitrogens is 2. The molecule has 0 fully saturated rings. The van der Waals surface area contributed by atoms with Gasteiger partial charge in [-0.2, -0.15) is 0 Å². The summed E-state index contributed by atoms with van der Waals surface area (Å²) in [7, 11) is 0. The minimum Gasteiger partial charge on any atom is -0.486 e. The van der Waals surface area contributed by atoms with Crippen molar-refractivity contribution in [2.45, 2.75) is 20.1 Å². The predicted molar refractivity (Wildman–Crippen MR) is 106 cm³/mol. The van der Waals surface area contributed by atoms with Gasteiger partial charge in [-0.1, -0.05) is 48.0 Å². The third-order valence-electron chi connectivity index (χ3n) is 4.35. The molecule has 0 aliphatic heterocycles. The van der Waals surface area contributed by atoms with Crippen LogP contribution >= 0.6 is 11.6 Å². The summed E-state index contributed by atoms with van der Waals surface area (Å²) in [6, 6.07) is 24.1. The quantitative estimate of drug-likeness (QED) is 0.460. The van der Waals surface area contributed by atoms with Gasteiger partial charge in [0.1, 0.15) is 18.2 Å². The number of hydrogen-bond acceptors (Lipinski definition) is 2. The van der Waals surface area contributed by atoms with Crippen LogP contribution in [-0.4, -0.2) is 9.55 Å². The van der Waals surface area contributed by atoms with Crippen LogP contribution in [0.15, 0.2) is 72.8 Å². The maximum Gasteiger partial charge on any atom is 0.148 e. The average molecular weight is 363 g/mol. The van der Waals surface area contributed by atoms with Crippen LogP contribution in [0.1, 0.15) is 17.0 Å². The van der Waals surface area contributed by atoms with E-state index in [2.05, 4.69) is 23.6 Å². The largest absolute Gasteiger partial charge is 0.486 e. The van der Waals surface area contributed by atoms with E-state index in [4.69, 9.17) is 21.3 Å². The Kier molecular flexibility index (Phi) is 4.63. The number of imidazole rings is 1. The molecule has 0 aliphatic carbocycles. The predicted octanol–water partition coefficient (Wildman–Crippen LogP) is 5.63. The lowest BCUT2D eigenvalue weighted by Gasteiger charge is -2.11. The molecule has 130 valence electrons. The molecule has 4 rings (SSSR count). The van der Waals surface area contributed by atoms with Crippen molar-refractivity contribution in [3.8, 4) is 5.75 Å². The minimum atomic E-state index is 0.422. The Hall–Kier alpha value is -2.78. The zero-order valence-corrected chi connectivity index (χ0v) is 15.3. The summed E-state index contributed by atoms with van der Waals surface area (Å²) in [5, 5.41) is 0.743. The Morgan fingerprint density at radius 2 is 1.77 bits per heavy atom. The fourth-order valence-electron chi connectivity index (χ4n) is 3.04. The smallest absolute Gasteiger partial charge is 0.148 e. The first-order valence-electron chi connectivity index (χ1n) is 8.57. The van der Waals surface area contributed by atoms with Crippen LogP contribution in [0.25, 0.3) is 11.0 Å². The number of halogens is 1. The van der Waals surface area contributed by atoms with Gasteiger partial charge in [0.05, 0.1) is 11.0 Å². The maximum atomic E-state index is 6.01. The summed E-state index contributed by atoms with van der Waals surface area (Å²) in [5.74, 6) is 1.76. The zero-order chi connectivity index (χ0) is 17.9. The lowest BCUT2D eigenvalue weighted by atomic mass is 10.2. The zero-order valence-electron chi connectivity index (χ0n) is 14.5. The Morgan fingerprint density at radius 3 is 2.58 bits per heavy atom. The van der Waals surface area contributed by atoms with E-state index >= 15 is 0 Å². The number of nitrogens with zero attached hydrogens (tertiary/aromatic N) is 2. The molecule has 1 heterocycles. The Labute approximate surface area is 157 Å². The van der Waals surface area contributed by atoms with Crippen molar-refractivity contribution in [3.63, 3.8) is 0 Å². The highest BCUT2D eigenvalue weighted by molar-refractivity contribution is 6.30. The van der Waals surface area contributed by atoms with Gasteiger partial charge in [0, 0.05) is 11.6 Å². The highest BCUT2D eigenvalue weighted by Crippen LogP contribution is 2.21. The number of ether oxygens (including phenoxy) is 1. The van der Waals surface area contributed by atoms with Crippen LogP contribution < -0.4 is 4.74 Å². The highest BCUT2D eigenvalue weighted by Gasteiger charge is 2.12. The van der Waals surface area contributed by atoms with Crippen molar-refractivity contribution in [2.24, 2.45) is 0 Å². The van der Waals surface area contributed by atoms with Crippen LogP contribution in [0.4, 0.5) is 0 Å². The lowest BCUT2D eigenvalue weighted by Crippen LogP contribution is -2.08. The molecule has 0 saturated carbocycles. The van der Waals surface area contributed by atoms with Gasteiger partial charge in [-0.3, -0.25) is 0 Å². The second kappa shape index (κ2) is 7.22. The molecule has 0 spiro atoms. The van der Waals surface area contributed by atoms with E-state index in [1.165, 1.54) is 11.1 Å². The first kappa shape index (κ1) is 16.7. The van der Waals surface area contributed by atoms with E-state index in [0.717, 1.165) is 34.2 Å². The van der Waals surface area contributed by atoms with Crippen LogP contribution in [-0.2, 0) is 13.2 Å². The fourth-order valence-corrected chi connectivity index (χ4v) is 3.16. The van der Waals surface area contributed by atoms with E-state index in [-0.39, 0.29) is 0 Å². The number of para-hydroxylation sites is 2. The van der Waals surface area contributed by atoms with Crippen molar-refractivity contribution in [1.29, 1.82) is 0 Å². The first-order valence-corrected chi connectivity index (χ1v) is 8.95. The van der Waals surface area contributed by atoms with Crippen molar-refractivity contribution < 1.29 is 4.74 Å². The molecule has 0 atom stereocenters. The van der Waals surface area contributed by atoms with E-state index in [1.54, 1.807) is 0 Å². The third-order valence-corrected chi connectivity index (χ3v) is 4.60. The molecule has 1 aromatic heterocycles. The molecule has 0 unspecified atom stereocenters. The molecule has 4 heteroatoms. The summed E-state index contributed by atoms with van der Waals surface area (Å²) < 4.78 is 8.20. The minimum absolute atomic E-state index is 0.422. The summed E-state index contributed by atoms with van der Waals surface area (Å²) in [5.41, 5.74) is 4.43.